The van der Waals surface area contributed by atoms with Crippen molar-refractivity contribution >= 4 is 5.69 Å². The molecule has 3 heteroatoms. The van der Waals surface area contributed by atoms with Crippen LogP contribution in [0.1, 0.15) is 24.0 Å². The van der Waals surface area contributed by atoms with Crippen LogP contribution in [0.4, 0.5) is 5.69 Å². The second-order valence-electron chi connectivity index (χ2n) is 4.59. The molecule has 0 radical (unpaired) electrons. The lowest BCUT2D eigenvalue weighted by Crippen LogP contribution is -2.34. The monoisotopic (exact) mass is 220 g/mol. The molecule has 1 atom stereocenters. The summed E-state index contributed by atoms with van der Waals surface area (Å²) in [5.41, 5.74) is 3.98. The number of aryl methyl sites for hydroxylation is 2. The quantitative estimate of drug-likeness (QED) is 0.793. The van der Waals surface area contributed by atoms with Gasteiger partial charge in [0.05, 0.1) is 12.6 Å². The second-order valence-corrected chi connectivity index (χ2v) is 4.59. The number of benzene rings is 1. The Morgan fingerprint density at radius 3 is 2.88 bits per heavy atom. The first-order chi connectivity index (χ1) is 7.72. The van der Waals surface area contributed by atoms with Crippen LogP contribution in [0, 0.1) is 13.8 Å². The van der Waals surface area contributed by atoms with E-state index >= 15 is 0 Å². The molecule has 0 amide bonds. The van der Waals surface area contributed by atoms with Gasteiger partial charge in [-0.25, -0.2) is 5.90 Å². The molecule has 1 fully saturated rings. The molecule has 16 heavy (non-hydrogen) atoms. The molecule has 1 unspecified atom stereocenters. The van der Waals surface area contributed by atoms with Crippen molar-refractivity contribution < 1.29 is 4.84 Å². The van der Waals surface area contributed by atoms with Gasteiger partial charge in [0.1, 0.15) is 0 Å². The van der Waals surface area contributed by atoms with E-state index in [0.717, 1.165) is 6.54 Å². The van der Waals surface area contributed by atoms with E-state index in [-0.39, 0.29) is 0 Å². The van der Waals surface area contributed by atoms with Crippen LogP contribution in [0.5, 0.6) is 0 Å². The molecule has 0 saturated carbocycles. The van der Waals surface area contributed by atoms with Crippen molar-refractivity contribution in [2.75, 3.05) is 18.1 Å². The van der Waals surface area contributed by atoms with Gasteiger partial charge in [0, 0.05) is 12.2 Å². The number of rotatable bonds is 3. The molecule has 0 spiro atoms. The van der Waals surface area contributed by atoms with Gasteiger partial charge in [0.15, 0.2) is 0 Å². The van der Waals surface area contributed by atoms with Gasteiger partial charge in [-0.1, -0.05) is 6.07 Å². The summed E-state index contributed by atoms with van der Waals surface area (Å²) in [7, 11) is 0. The van der Waals surface area contributed by atoms with Crippen LogP contribution >= 0.6 is 0 Å². The Morgan fingerprint density at radius 1 is 1.38 bits per heavy atom. The average Bonchev–Trinajstić information content (AvgIpc) is 2.71. The molecule has 1 aliphatic rings. The maximum absolute atomic E-state index is 5.18. The van der Waals surface area contributed by atoms with Crippen LogP contribution in [-0.2, 0) is 4.84 Å². The third-order valence-electron chi connectivity index (χ3n) is 3.49. The highest BCUT2D eigenvalue weighted by molar-refractivity contribution is 5.52. The molecule has 2 rings (SSSR count). The first kappa shape index (κ1) is 11.4. The van der Waals surface area contributed by atoms with Crippen molar-refractivity contribution in [1.82, 2.24) is 0 Å². The highest BCUT2D eigenvalue weighted by Crippen LogP contribution is 2.27. The van der Waals surface area contributed by atoms with E-state index in [9.17, 15) is 0 Å². The summed E-state index contributed by atoms with van der Waals surface area (Å²) in [6.07, 6.45) is 2.39. The van der Waals surface area contributed by atoms with E-state index < -0.39 is 0 Å². The van der Waals surface area contributed by atoms with Gasteiger partial charge in [-0.05, 0) is 49.9 Å². The molecule has 1 aliphatic heterocycles. The molecule has 88 valence electrons. The Labute approximate surface area is 97.1 Å². The zero-order valence-corrected chi connectivity index (χ0v) is 10.1. The van der Waals surface area contributed by atoms with Crippen molar-refractivity contribution in [3.8, 4) is 0 Å². The first-order valence-corrected chi connectivity index (χ1v) is 5.88. The fraction of sp³-hybridized carbons (Fsp3) is 0.538. The van der Waals surface area contributed by atoms with Gasteiger partial charge in [0.25, 0.3) is 0 Å². The molecule has 1 saturated heterocycles. The van der Waals surface area contributed by atoms with Crippen molar-refractivity contribution in [1.29, 1.82) is 0 Å². The maximum Gasteiger partial charge on any atom is 0.0882 e. The van der Waals surface area contributed by atoms with Gasteiger partial charge < -0.3 is 9.74 Å². The van der Waals surface area contributed by atoms with E-state index in [0.29, 0.717) is 12.6 Å². The van der Waals surface area contributed by atoms with Crippen LogP contribution in [0.25, 0.3) is 0 Å². The number of hydrogen-bond donors (Lipinski definition) is 1. The van der Waals surface area contributed by atoms with Crippen LogP contribution < -0.4 is 10.8 Å². The Hall–Kier alpha value is -1.06. The van der Waals surface area contributed by atoms with E-state index in [1.165, 1.54) is 29.7 Å². The van der Waals surface area contributed by atoms with Gasteiger partial charge in [0.2, 0.25) is 0 Å². The summed E-state index contributed by atoms with van der Waals surface area (Å²) >= 11 is 0. The lowest BCUT2D eigenvalue weighted by atomic mass is 10.1. The fourth-order valence-electron chi connectivity index (χ4n) is 2.36. The lowest BCUT2D eigenvalue weighted by molar-refractivity contribution is 0.124. The second kappa shape index (κ2) is 4.85. The summed E-state index contributed by atoms with van der Waals surface area (Å²) in [5, 5.41) is 0. The predicted molar refractivity (Wildman–Crippen MR) is 66.4 cm³/mol. The molecular weight excluding hydrogens is 200 g/mol. The number of hydrogen-bond acceptors (Lipinski definition) is 3. The van der Waals surface area contributed by atoms with Gasteiger partial charge in [-0.15, -0.1) is 0 Å². The van der Waals surface area contributed by atoms with Crippen molar-refractivity contribution in [2.45, 2.75) is 32.7 Å². The summed E-state index contributed by atoms with van der Waals surface area (Å²) < 4.78 is 0. The van der Waals surface area contributed by atoms with Crippen molar-refractivity contribution in [3.05, 3.63) is 29.3 Å². The van der Waals surface area contributed by atoms with Crippen molar-refractivity contribution in [2.24, 2.45) is 5.90 Å². The summed E-state index contributed by atoms with van der Waals surface area (Å²) in [5.74, 6) is 5.18. The molecule has 1 aromatic rings. The van der Waals surface area contributed by atoms with Crippen molar-refractivity contribution in [3.63, 3.8) is 0 Å². The molecule has 0 aromatic heterocycles. The number of nitrogens with zero attached hydrogens (tertiary/aromatic N) is 1. The minimum absolute atomic E-state index is 0.437. The topological polar surface area (TPSA) is 38.5 Å². The van der Waals surface area contributed by atoms with E-state index in [4.69, 9.17) is 10.7 Å². The number of anilines is 1. The van der Waals surface area contributed by atoms with Gasteiger partial charge in [-0.3, -0.25) is 0 Å². The van der Waals surface area contributed by atoms with E-state index in [1.807, 2.05) is 0 Å². The summed E-state index contributed by atoms with van der Waals surface area (Å²) in [6.45, 7) is 6.02. The standard InChI is InChI=1S/C13H20N2O/c1-10-5-6-12(8-11(10)2)15-7-3-4-13(15)9-16-14/h5-6,8,13H,3-4,7,9,14H2,1-2H3. The molecule has 1 aromatic carbocycles. The minimum Gasteiger partial charge on any atom is -0.366 e. The average molecular weight is 220 g/mol. The van der Waals surface area contributed by atoms with E-state index in [1.54, 1.807) is 0 Å². The lowest BCUT2D eigenvalue weighted by Gasteiger charge is -2.26. The summed E-state index contributed by atoms with van der Waals surface area (Å²) in [6, 6.07) is 7.07. The largest absolute Gasteiger partial charge is 0.366 e. The Morgan fingerprint density at radius 2 is 2.19 bits per heavy atom. The minimum atomic E-state index is 0.437. The highest BCUT2D eigenvalue weighted by Gasteiger charge is 2.24. The van der Waals surface area contributed by atoms with Crippen LogP contribution in [0.3, 0.4) is 0 Å². The molecule has 2 N–H and O–H groups in total. The predicted octanol–water partition coefficient (Wildman–Crippen LogP) is 2.16. The molecule has 1 heterocycles. The molecule has 0 bridgehead atoms. The molecule has 0 aliphatic carbocycles. The van der Waals surface area contributed by atoms with E-state index in [2.05, 4.69) is 36.9 Å². The Kier molecular flexibility index (Phi) is 3.46. The highest BCUT2D eigenvalue weighted by atomic mass is 16.6. The molecule has 3 nitrogen and oxygen atoms in total. The summed E-state index contributed by atoms with van der Waals surface area (Å²) in [4.78, 5) is 7.19. The van der Waals surface area contributed by atoms with Gasteiger partial charge in [-0.2, -0.15) is 0 Å². The zero-order valence-electron chi connectivity index (χ0n) is 10.1. The Bertz CT molecular complexity index is 365. The first-order valence-electron chi connectivity index (χ1n) is 5.88. The Balaban J connectivity index is 2.19. The van der Waals surface area contributed by atoms with Crippen LogP contribution in [0.2, 0.25) is 0 Å². The van der Waals surface area contributed by atoms with Crippen LogP contribution in [0.15, 0.2) is 18.2 Å². The normalized spacial score (nSPS) is 20.4. The SMILES string of the molecule is Cc1ccc(N2CCCC2CON)cc1C. The maximum atomic E-state index is 5.18. The molecular formula is C13H20N2O. The van der Waals surface area contributed by atoms with Crippen LogP contribution in [-0.4, -0.2) is 19.2 Å². The number of nitrogens with two attached hydrogens (primary N) is 1. The fourth-order valence-corrected chi connectivity index (χ4v) is 2.36. The van der Waals surface area contributed by atoms with Gasteiger partial charge >= 0.3 is 0 Å². The zero-order chi connectivity index (χ0) is 11.5. The smallest absolute Gasteiger partial charge is 0.0882 e. The third kappa shape index (κ3) is 2.20. The third-order valence-corrected chi connectivity index (χ3v) is 3.49.